The molecule has 0 amide bonds. The van der Waals surface area contributed by atoms with Crippen molar-refractivity contribution in [2.75, 3.05) is 13.7 Å². The van der Waals surface area contributed by atoms with Crippen molar-refractivity contribution in [3.05, 3.63) is 35.4 Å². The summed E-state index contributed by atoms with van der Waals surface area (Å²) in [6, 6.07) is 7.23. The molecule has 0 saturated heterocycles. The number of benzene rings is 1. The van der Waals surface area contributed by atoms with Crippen molar-refractivity contribution in [2.24, 2.45) is 5.16 Å². The molecule has 0 unspecified atom stereocenters. The van der Waals surface area contributed by atoms with Gasteiger partial charge in [-0.25, -0.2) is 4.79 Å². The highest BCUT2D eigenvalue weighted by Crippen LogP contribution is 2.13. The van der Waals surface area contributed by atoms with E-state index >= 15 is 0 Å². The molecule has 0 saturated carbocycles. The fourth-order valence-electron chi connectivity index (χ4n) is 1.35. The van der Waals surface area contributed by atoms with Crippen LogP contribution in [-0.2, 0) is 20.2 Å². The molecule has 0 atom stereocenters. The van der Waals surface area contributed by atoms with E-state index in [-0.39, 0.29) is 18.2 Å². The average molecular weight is 256 g/mol. The fourth-order valence-corrected chi connectivity index (χ4v) is 1.59. The average Bonchev–Trinajstić information content (AvgIpc) is 2.36. The zero-order valence-corrected chi connectivity index (χ0v) is 10.5. The van der Waals surface area contributed by atoms with Crippen LogP contribution in [0.2, 0.25) is 0 Å². The van der Waals surface area contributed by atoms with Crippen LogP contribution in [0.15, 0.2) is 29.4 Å². The Kier molecular flexibility index (Phi) is 5.49. The van der Waals surface area contributed by atoms with Crippen molar-refractivity contribution < 1.29 is 14.4 Å². The number of ether oxygens (including phenoxy) is 1. The molecule has 0 aliphatic heterocycles. The van der Waals surface area contributed by atoms with E-state index < -0.39 is 5.97 Å². The number of rotatable bonds is 5. The molecule has 5 heteroatoms. The molecular weight excluding hydrogens is 242 g/mol. The van der Waals surface area contributed by atoms with Crippen molar-refractivity contribution in [3.63, 3.8) is 0 Å². The van der Waals surface area contributed by atoms with E-state index in [2.05, 4.69) is 9.99 Å². The molecule has 0 heterocycles. The molecule has 0 aliphatic carbocycles. The number of halogens is 1. The zero-order valence-electron chi connectivity index (χ0n) is 9.77. The number of oxime groups is 1. The first-order valence-electron chi connectivity index (χ1n) is 5.17. The molecule has 1 rings (SSSR count). The summed E-state index contributed by atoms with van der Waals surface area (Å²) in [4.78, 5) is 16.4. The van der Waals surface area contributed by atoms with Crippen LogP contribution in [0, 0.1) is 0 Å². The first-order valence-corrected chi connectivity index (χ1v) is 5.70. The summed E-state index contributed by atoms with van der Waals surface area (Å²) in [5, 5.41) is 3.71. The third kappa shape index (κ3) is 3.46. The second-order valence-electron chi connectivity index (χ2n) is 3.13. The number of nitrogens with zero attached hydrogens (tertiary/aromatic N) is 1. The Morgan fingerprint density at radius 3 is 2.71 bits per heavy atom. The van der Waals surface area contributed by atoms with Gasteiger partial charge in [-0.15, -0.1) is 11.6 Å². The van der Waals surface area contributed by atoms with Gasteiger partial charge in [-0.05, 0) is 12.5 Å². The van der Waals surface area contributed by atoms with Gasteiger partial charge in [-0.2, -0.15) is 0 Å². The molecule has 17 heavy (non-hydrogen) atoms. The first kappa shape index (κ1) is 13.5. The summed E-state index contributed by atoms with van der Waals surface area (Å²) >= 11 is 5.81. The molecule has 0 radical (unpaired) electrons. The van der Waals surface area contributed by atoms with Crippen LogP contribution < -0.4 is 0 Å². The highest BCUT2D eigenvalue weighted by atomic mass is 35.5. The van der Waals surface area contributed by atoms with Crippen LogP contribution in [0.1, 0.15) is 18.1 Å². The predicted molar refractivity (Wildman–Crippen MR) is 66.2 cm³/mol. The molecule has 0 aliphatic rings. The van der Waals surface area contributed by atoms with E-state index in [1.54, 1.807) is 19.1 Å². The normalized spacial score (nSPS) is 11.1. The van der Waals surface area contributed by atoms with E-state index in [4.69, 9.17) is 16.3 Å². The van der Waals surface area contributed by atoms with Gasteiger partial charge in [0.05, 0.1) is 6.61 Å². The van der Waals surface area contributed by atoms with Crippen molar-refractivity contribution >= 4 is 23.3 Å². The van der Waals surface area contributed by atoms with Crippen LogP contribution in [-0.4, -0.2) is 25.4 Å². The quantitative estimate of drug-likeness (QED) is 0.351. The minimum atomic E-state index is -0.521. The van der Waals surface area contributed by atoms with Crippen LogP contribution in [0.3, 0.4) is 0 Å². The number of hydrogen-bond acceptors (Lipinski definition) is 4. The predicted octanol–water partition coefficient (Wildman–Crippen LogP) is 2.34. The molecule has 0 bridgehead atoms. The van der Waals surface area contributed by atoms with Gasteiger partial charge in [0, 0.05) is 11.4 Å². The number of esters is 1. The number of alkyl halides is 1. The molecule has 1 aromatic carbocycles. The van der Waals surface area contributed by atoms with Crippen molar-refractivity contribution in [1.29, 1.82) is 0 Å². The van der Waals surface area contributed by atoms with Crippen molar-refractivity contribution in [2.45, 2.75) is 12.8 Å². The second kappa shape index (κ2) is 6.91. The molecule has 1 aromatic rings. The van der Waals surface area contributed by atoms with E-state index in [1.807, 2.05) is 12.1 Å². The minimum Gasteiger partial charge on any atom is -0.461 e. The monoisotopic (exact) mass is 255 g/mol. The maximum absolute atomic E-state index is 11.7. The summed E-state index contributed by atoms with van der Waals surface area (Å²) < 4.78 is 4.92. The van der Waals surface area contributed by atoms with Gasteiger partial charge < -0.3 is 9.57 Å². The molecule has 92 valence electrons. The van der Waals surface area contributed by atoms with Gasteiger partial charge in [0.25, 0.3) is 0 Å². The number of carbonyl (C=O) groups excluding carboxylic acids is 1. The zero-order chi connectivity index (χ0) is 12.7. The SMILES string of the molecule is CCOC(=O)/C(=N\OC)c1ccccc1CCl. The van der Waals surface area contributed by atoms with Gasteiger partial charge in [0.15, 0.2) is 5.71 Å². The summed E-state index contributed by atoms with van der Waals surface area (Å²) in [6.07, 6.45) is 0. The van der Waals surface area contributed by atoms with Gasteiger partial charge in [-0.3, -0.25) is 0 Å². The Morgan fingerprint density at radius 2 is 2.12 bits per heavy atom. The highest BCUT2D eigenvalue weighted by molar-refractivity contribution is 6.43. The van der Waals surface area contributed by atoms with E-state index in [1.165, 1.54) is 7.11 Å². The minimum absolute atomic E-state index is 0.130. The van der Waals surface area contributed by atoms with E-state index in [0.29, 0.717) is 5.56 Å². The Hall–Kier alpha value is -1.55. The van der Waals surface area contributed by atoms with Crippen LogP contribution in [0.4, 0.5) is 0 Å². The Bertz CT molecular complexity index is 418. The van der Waals surface area contributed by atoms with Crippen molar-refractivity contribution in [1.82, 2.24) is 0 Å². The van der Waals surface area contributed by atoms with Crippen molar-refractivity contribution in [3.8, 4) is 0 Å². The summed E-state index contributed by atoms with van der Waals surface area (Å²) in [5.74, 6) is -0.231. The van der Waals surface area contributed by atoms with Gasteiger partial charge in [0.2, 0.25) is 0 Å². The van der Waals surface area contributed by atoms with E-state index in [9.17, 15) is 4.79 Å². The molecule has 0 fully saturated rings. The van der Waals surface area contributed by atoms with E-state index in [0.717, 1.165) is 5.56 Å². The van der Waals surface area contributed by atoms with Crippen LogP contribution in [0.25, 0.3) is 0 Å². The van der Waals surface area contributed by atoms with Gasteiger partial charge >= 0.3 is 5.97 Å². The fraction of sp³-hybridized carbons (Fsp3) is 0.333. The maximum atomic E-state index is 11.7. The van der Waals surface area contributed by atoms with Gasteiger partial charge in [0.1, 0.15) is 7.11 Å². The highest BCUT2D eigenvalue weighted by Gasteiger charge is 2.18. The first-order chi connectivity index (χ1) is 8.24. The summed E-state index contributed by atoms with van der Waals surface area (Å²) in [7, 11) is 1.38. The van der Waals surface area contributed by atoms with Gasteiger partial charge in [-0.1, -0.05) is 29.4 Å². The molecular formula is C12H14ClNO3. The number of hydrogen-bond donors (Lipinski definition) is 0. The molecule has 4 nitrogen and oxygen atoms in total. The molecule has 0 N–H and O–H groups in total. The van der Waals surface area contributed by atoms with Crippen LogP contribution in [0.5, 0.6) is 0 Å². The lowest BCUT2D eigenvalue weighted by molar-refractivity contribution is -0.135. The lowest BCUT2D eigenvalue weighted by Crippen LogP contribution is -2.20. The molecule has 0 aromatic heterocycles. The lowest BCUT2D eigenvalue weighted by Gasteiger charge is -2.08. The molecule has 0 spiro atoms. The van der Waals surface area contributed by atoms with Crippen LogP contribution >= 0.6 is 11.6 Å². The topological polar surface area (TPSA) is 47.9 Å². The summed E-state index contributed by atoms with van der Waals surface area (Å²) in [6.45, 7) is 2.01. The number of carbonyl (C=O) groups is 1. The lowest BCUT2D eigenvalue weighted by atomic mass is 10.0. The second-order valence-corrected chi connectivity index (χ2v) is 3.40. The third-order valence-corrected chi connectivity index (χ3v) is 2.36. The smallest absolute Gasteiger partial charge is 0.361 e. The standard InChI is InChI=1S/C12H14ClNO3/c1-3-17-12(15)11(14-16-2)10-7-5-4-6-9(10)8-13/h4-7H,3,8H2,1-2H3/b14-11-. The summed E-state index contributed by atoms with van der Waals surface area (Å²) in [5.41, 5.74) is 1.56. The Labute approximate surface area is 105 Å². The third-order valence-electron chi connectivity index (χ3n) is 2.07. The largest absolute Gasteiger partial charge is 0.461 e. The Balaban J connectivity index is 3.14. The Morgan fingerprint density at radius 1 is 1.41 bits per heavy atom. The maximum Gasteiger partial charge on any atom is 0.361 e.